The van der Waals surface area contributed by atoms with Crippen molar-refractivity contribution >= 4 is 11.6 Å². The van der Waals surface area contributed by atoms with Gasteiger partial charge in [-0.2, -0.15) is 0 Å². The van der Waals surface area contributed by atoms with Crippen LogP contribution in [-0.4, -0.2) is 11.9 Å². The Kier molecular flexibility index (Phi) is 5.12. The lowest BCUT2D eigenvalue weighted by Gasteiger charge is -2.24. The zero-order valence-electron chi connectivity index (χ0n) is 12.0. The highest BCUT2D eigenvalue weighted by molar-refractivity contribution is 5.95. The van der Waals surface area contributed by atoms with Crippen LogP contribution in [0.4, 0.5) is 10.1 Å². The molecular formula is C16H23FN2O. The van der Waals surface area contributed by atoms with Crippen molar-refractivity contribution in [3.05, 3.63) is 29.6 Å². The van der Waals surface area contributed by atoms with Crippen molar-refractivity contribution in [2.45, 2.75) is 51.5 Å². The number of amides is 1. The van der Waals surface area contributed by atoms with Crippen LogP contribution < -0.4 is 11.1 Å². The second kappa shape index (κ2) is 6.84. The molecule has 0 saturated heterocycles. The normalized spacial score (nSPS) is 17.8. The number of benzene rings is 1. The van der Waals surface area contributed by atoms with Gasteiger partial charge in [0.15, 0.2) is 0 Å². The Hall–Kier alpha value is -1.42. The summed E-state index contributed by atoms with van der Waals surface area (Å²) in [6, 6.07) is 3.85. The smallest absolute Gasteiger partial charge is 0.241 e. The number of halogens is 1. The molecule has 110 valence electrons. The van der Waals surface area contributed by atoms with Gasteiger partial charge in [-0.25, -0.2) is 4.39 Å². The number of hydrogen-bond donors (Lipinski definition) is 2. The minimum atomic E-state index is -0.513. The minimum absolute atomic E-state index is 0.218. The fourth-order valence-electron chi connectivity index (χ4n) is 2.84. The first-order chi connectivity index (χ1) is 9.56. The lowest BCUT2D eigenvalue weighted by Crippen LogP contribution is -2.37. The van der Waals surface area contributed by atoms with Gasteiger partial charge in [-0.1, -0.05) is 38.2 Å². The molecule has 20 heavy (non-hydrogen) atoms. The van der Waals surface area contributed by atoms with Crippen LogP contribution in [-0.2, 0) is 4.79 Å². The summed E-state index contributed by atoms with van der Waals surface area (Å²) in [5.74, 6) is -0.0193. The molecule has 3 nitrogen and oxygen atoms in total. The third-order valence-electron chi connectivity index (χ3n) is 4.11. The average molecular weight is 278 g/mol. The molecule has 0 radical (unpaired) electrons. The van der Waals surface area contributed by atoms with Gasteiger partial charge in [0.25, 0.3) is 0 Å². The molecule has 1 atom stereocenters. The van der Waals surface area contributed by atoms with E-state index in [-0.39, 0.29) is 11.7 Å². The molecule has 0 aromatic heterocycles. The van der Waals surface area contributed by atoms with Crippen molar-refractivity contribution in [2.24, 2.45) is 11.7 Å². The van der Waals surface area contributed by atoms with Gasteiger partial charge in [0, 0.05) is 5.69 Å². The van der Waals surface area contributed by atoms with Crippen molar-refractivity contribution in [2.75, 3.05) is 5.32 Å². The first kappa shape index (κ1) is 15.0. The van der Waals surface area contributed by atoms with E-state index in [0.29, 0.717) is 11.6 Å². The van der Waals surface area contributed by atoms with Crippen LogP contribution in [0.25, 0.3) is 0 Å². The van der Waals surface area contributed by atoms with E-state index in [4.69, 9.17) is 5.73 Å². The topological polar surface area (TPSA) is 55.1 Å². The monoisotopic (exact) mass is 278 g/mol. The molecule has 1 aromatic carbocycles. The summed E-state index contributed by atoms with van der Waals surface area (Å²) in [5.41, 5.74) is 7.32. The third-order valence-corrected chi connectivity index (χ3v) is 4.11. The number of hydrogen-bond acceptors (Lipinski definition) is 2. The maximum atomic E-state index is 13.2. The lowest BCUT2D eigenvalue weighted by molar-refractivity contribution is -0.117. The average Bonchev–Trinajstić information content (AvgIpc) is 2.44. The molecule has 3 N–H and O–H groups in total. The predicted molar refractivity (Wildman–Crippen MR) is 78.9 cm³/mol. The molecule has 1 saturated carbocycles. The summed E-state index contributed by atoms with van der Waals surface area (Å²) in [7, 11) is 0. The van der Waals surface area contributed by atoms with Crippen molar-refractivity contribution in [3.63, 3.8) is 0 Å². The number of carbonyl (C=O) groups excluding carboxylic acids is 1. The fraction of sp³-hybridized carbons (Fsp3) is 0.562. The first-order valence-electron chi connectivity index (χ1n) is 7.39. The molecule has 1 aliphatic rings. The third kappa shape index (κ3) is 4.04. The molecule has 0 bridgehead atoms. The second-order valence-corrected chi connectivity index (χ2v) is 5.79. The quantitative estimate of drug-likeness (QED) is 0.887. The summed E-state index contributed by atoms with van der Waals surface area (Å²) in [6.45, 7) is 1.84. The van der Waals surface area contributed by atoms with Crippen LogP contribution in [0.2, 0.25) is 0 Å². The summed E-state index contributed by atoms with van der Waals surface area (Å²) >= 11 is 0. The number of aryl methyl sites for hydroxylation is 1. The largest absolute Gasteiger partial charge is 0.324 e. The molecular weight excluding hydrogens is 255 g/mol. The maximum absolute atomic E-state index is 13.2. The van der Waals surface area contributed by atoms with Crippen LogP contribution in [0.5, 0.6) is 0 Å². The highest BCUT2D eigenvalue weighted by Gasteiger charge is 2.21. The van der Waals surface area contributed by atoms with E-state index in [0.717, 1.165) is 12.0 Å². The van der Waals surface area contributed by atoms with E-state index in [2.05, 4.69) is 5.32 Å². The summed E-state index contributed by atoms with van der Waals surface area (Å²) in [4.78, 5) is 12.1. The molecule has 0 aliphatic heterocycles. The van der Waals surface area contributed by atoms with Gasteiger partial charge in [0.05, 0.1) is 6.04 Å². The van der Waals surface area contributed by atoms with Crippen LogP contribution in [0.1, 0.15) is 44.1 Å². The van der Waals surface area contributed by atoms with Gasteiger partial charge in [-0.15, -0.1) is 0 Å². The molecule has 1 aliphatic carbocycles. The van der Waals surface area contributed by atoms with Crippen molar-refractivity contribution in [1.29, 1.82) is 0 Å². The summed E-state index contributed by atoms with van der Waals surface area (Å²) < 4.78 is 13.2. The Morgan fingerprint density at radius 3 is 2.80 bits per heavy atom. The highest BCUT2D eigenvalue weighted by atomic mass is 19.1. The summed E-state index contributed by atoms with van der Waals surface area (Å²) in [6.07, 6.45) is 6.82. The molecule has 1 aromatic rings. The Morgan fingerprint density at radius 1 is 1.40 bits per heavy atom. The predicted octanol–water partition coefficient (Wildman–Crippen LogP) is 3.37. The van der Waals surface area contributed by atoms with Gasteiger partial charge in [0.2, 0.25) is 5.91 Å². The Balaban J connectivity index is 1.91. The van der Waals surface area contributed by atoms with E-state index in [1.54, 1.807) is 6.07 Å². The van der Waals surface area contributed by atoms with Crippen molar-refractivity contribution in [1.82, 2.24) is 0 Å². The molecule has 2 rings (SSSR count). The van der Waals surface area contributed by atoms with Gasteiger partial charge in [-0.3, -0.25) is 4.79 Å². The minimum Gasteiger partial charge on any atom is -0.324 e. The van der Waals surface area contributed by atoms with Crippen molar-refractivity contribution in [3.8, 4) is 0 Å². The Labute approximate surface area is 119 Å². The van der Waals surface area contributed by atoms with Gasteiger partial charge < -0.3 is 11.1 Å². The number of nitrogens with one attached hydrogen (secondary N) is 1. The molecule has 1 unspecified atom stereocenters. The van der Waals surface area contributed by atoms with Crippen molar-refractivity contribution < 1.29 is 9.18 Å². The van der Waals surface area contributed by atoms with Crippen LogP contribution >= 0.6 is 0 Å². The van der Waals surface area contributed by atoms with E-state index >= 15 is 0 Å². The molecule has 1 amide bonds. The zero-order chi connectivity index (χ0) is 14.5. The Bertz CT molecular complexity index is 470. The molecule has 4 heteroatoms. The van der Waals surface area contributed by atoms with Crippen LogP contribution in [0.3, 0.4) is 0 Å². The van der Waals surface area contributed by atoms with Crippen LogP contribution in [0.15, 0.2) is 18.2 Å². The zero-order valence-corrected chi connectivity index (χ0v) is 12.0. The highest BCUT2D eigenvalue weighted by Crippen LogP contribution is 2.27. The number of carbonyl (C=O) groups is 1. The molecule has 0 spiro atoms. The lowest BCUT2D eigenvalue weighted by atomic mass is 9.85. The van der Waals surface area contributed by atoms with E-state index in [1.165, 1.54) is 44.2 Å². The van der Waals surface area contributed by atoms with Crippen LogP contribution in [0, 0.1) is 18.7 Å². The second-order valence-electron chi connectivity index (χ2n) is 5.79. The van der Waals surface area contributed by atoms with E-state index in [9.17, 15) is 9.18 Å². The maximum Gasteiger partial charge on any atom is 0.241 e. The SMILES string of the molecule is Cc1ccc(F)cc1NC(=O)C(N)CC1CCCCC1. The fourth-order valence-corrected chi connectivity index (χ4v) is 2.84. The number of anilines is 1. The number of nitrogens with two attached hydrogens (primary N) is 1. The molecule has 1 fully saturated rings. The summed E-state index contributed by atoms with van der Waals surface area (Å²) in [5, 5.41) is 2.74. The van der Waals surface area contributed by atoms with Gasteiger partial charge in [0.1, 0.15) is 5.82 Å². The van der Waals surface area contributed by atoms with E-state index in [1.807, 2.05) is 6.92 Å². The van der Waals surface area contributed by atoms with Gasteiger partial charge in [-0.05, 0) is 37.0 Å². The first-order valence-corrected chi connectivity index (χ1v) is 7.39. The standard InChI is InChI=1S/C16H23FN2O/c1-11-7-8-13(17)10-15(11)19-16(20)14(18)9-12-5-3-2-4-6-12/h7-8,10,12,14H,2-6,9,18H2,1H3,(H,19,20). The molecule has 0 heterocycles. The van der Waals surface area contributed by atoms with Gasteiger partial charge >= 0.3 is 0 Å². The number of rotatable bonds is 4. The van der Waals surface area contributed by atoms with E-state index < -0.39 is 6.04 Å². The Morgan fingerprint density at radius 2 is 2.10 bits per heavy atom.